The Bertz CT molecular complexity index is 571. The van der Waals surface area contributed by atoms with Gasteiger partial charge in [-0.15, -0.1) is 0 Å². The highest BCUT2D eigenvalue weighted by Crippen LogP contribution is 2.25. The molecule has 0 heterocycles. The van der Waals surface area contributed by atoms with Crippen LogP contribution in [0.2, 0.25) is 0 Å². The fourth-order valence-corrected chi connectivity index (χ4v) is 2.72. The number of carbonyl (C=O) groups is 1. The Balaban J connectivity index is 3.62. The lowest BCUT2D eigenvalue weighted by Crippen LogP contribution is -2.24. The van der Waals surface area contributed by atoms with Gasteiger partial charge < -0.3 is 5.11 Å². The van der Waals surface area contributed by atoms with E-state index in [9.17, 15) is 17.6 Å². The molecule has 0 radical (unpaired) electrons. The molecule has 0 atom stereocenters. The molecule has 94 valence electrons. The summed E-state index contributed by atoms with van der Waals surface area (Å²) in [6.45, 7) is 0. The molecule has 0 aromatic heterocycles. The maximum Gasteiger partial charge on any atom is 0.338 e. The summed E-state index contributed by atoms with van der Waals surface area (Å²) in [6.07, 6.45) is 0. The zero-order chi connectivity index (χ0) is 13.4. The van der Waals surface area contributed by atoms with Crippen LogP contribution in [0.4, 0.5) is 4.39 Å². The number of hydrogen-bond donors (Lipinski definition) is 1. The molecule has 17 heavy (non-hydrogen) atoms. The Kier molecular flexibility index (Phi) is 3.90. The number of carboxylic acid groups (broad SMARTS) is 1. The smallest absolute Gasteiger partial charge is 0.338 e. The minimum absolute atomic E-state index is 0.178. The Hall–Kier alpha value is -0.990. The number of halogens is 2. The maximum atomic E-state index is 13.8. The first kappa shape index (κ1) is 14.1. The highest BCUT2D eigenvalue weighted by atomic mass is 79.9. The van der Waals surface area contributed by atoms with Crippen molar-refractivity contribution in [3.05, 3.63) is 28.0 Å². The number of sulfonamides is 1. The van der Waals surface area contributed by atoms with Gasteiger partial charge in [0.1, 0.15) is 4.90 Å². The molecule has 5 nitrogen and oxygen atoms in total. The van der Waals surface area contributed by atoms with Crippen molar-refractivity contribution in [3.8, 4) is 0 Å². The molecule has 0 bridgehead atoms. The van der Waals surface area contributed by atoms with Crippen LogP contribution < -0.4 is 0 Å². The number of hydrogen-bond acceptors (Lipinski definition) is 3. The molecule has 1 aromatic carbocycles. The van der Waals surface area contributed by atoms with Crippen LogP contribution in [-0.2, 0) is 10.0 Å². The Labute approximate surface area is 106 Å². The SMILES string of the molecule is CN(C)S(=O)(=O)c1cc(Br)cc(C(=O)O)c1F. The van der Waals surface area contributed by atoms with Crippen LogP contribution in [-0.4, -0.2) is 37.9 Å². The second-order valence-corrected chi connectivity index (χ2v) is 6.39. The molecule has 0 fully saturated rings. The van der Waals surface area contributed by atoms with E-state index in [0.717, 1.165) is 16.4 Å². The van der Waals surface area contributed by atoms with Gasteiger partial charge in [-0.25, -0.2) is 21.9 Å². The highest BCUT2D eigenvalue weighted by molar-refractivity contribution is 9.10. The van der Waals surface area contributed by atoms with Crippen molar-refractivity contribution in [2.45, 2.75) is 4.90 Å². The van der Waals surface area contributed by atoms with Crippen molar-refractivity contribution >= 4 is 31.9 Å². The van der Waals surface area contributed by atoms with Gasteiger partial charge in [-0.2, -0.15) is 0 Å². The molecule has 0 saturated carbocycles. The van der Waals surface area contributed by atoms with Crippen molar-refractivity contribution in [1.29, 1.82) is 0 Å². The van der Waals surface area contributed by atoms with Crippen LogP contribution in [0.5, 0.6) is 0 Å². The number of benzene rings is 1. The molecular weight excluding hydrogens is 317 g/mol. The first-order valence-electron chi connectivity index (χ1n) is 4.32. The van der Waals surface area contributed by atoms with E-state index in [1.54, 1.807) is 0 Å². The largest absolute Gasteiger partial charge is 0.478 e. The van der Waals surface area contributed by atoms with Gasteiger partial charge in [0.25, 0.3) is 0 Å². The van der Waals surface area contributed by atoms with E-state index < -0.39 is 32.3 Å². The topological polar surface area (TPSA) is 74.7 Å². The monoisotopic (exact) mass is 325 g/mol. The van der Waals surface area contributed by atoms with Gasteiger partial charge in [0.15, 0.2) is 5.82 Å². The lowest BCUT2D eigenvalue weighted by molar-refractivity contribution is 0.0691. The third-order valence-corrected chi connectivity index (χ3v) is 4.27. The lowest BCUT2D eigenvalue weighted by Gasteiger charge is -2.13. The first-order valence-corrected chi connectivity index (χ1v) is 6.56. The van der Waals surface area contributed by atoms with Gasteiger partial charge in [-0.1, -0.05) is 15.9 Å². The summed E-state index contributed by atoms with van der Waals surface area (Å²) in [4.78, 5) is 10.1. The predicted molar refractivity (Wildman–Crippen MR) is 61.9 cm³/mol. The molecule has 0 aliphatic heterocycles. The third-order valence-electron chi connectivity index (χ3n) is 1.99. The van der Waals surface area contributed by atoms with E-state index >= 15 is 0 Å². The van der Waals surface area contributed by atoms with Gasteiger partial charge in [0, 0.05) is 18.6 Å². The zero-order valence-electron chi connectivity index (χ0n) is 8.94. The zero-order valence-corrected chi connectivity index (χ0v) is 11.3. The molecule has 1 N–H and O–H groups in total. The van der Waals surface area contributed by atoms with E-state index in [1.165, 1.54) is 14.1 Å². The predicted octanol–water partition coefficient (Wildman–Crippen LogP) is 1.54. The highest BCUT2D eigenvalue weighted by Gasteiger charge is 2.26. The normalized spacial score (nSPS) is 11.8. The molecule has 0 spiro atoms. The van der Waals surface area contributed by atoms with Crippen molar-refractivity contribution in [1.82, 2.24) is 4.31 Å². The van der Waals surface area contributed by atoms with Crippen LogP contribution in [0.25, 0.3) is 0 Å². The average Bonchev–Trinajstić information content (AvgIpc) is 2.20. The van der Waals surface area contributed by atoms with E-state index in [-0.39, 0.29) is 4.47 Å². The van der Waals surface area contributed by atoms with Gasteiger partial charge in [0.2, 0.25) is 10.0 Å². The molecule has 1 aromatic rings. The quantitative estimate of drug-likeness (QED) is 0.914. The fraction of sp³-hybridized carbons (Fsp3) is 0.222. The van der Waals surface area contributed by atoms with Gasteiger partial charge in [-0.05, 0) is 12.1 Å². The van der Waals surface area contributed by atoms with Gasteiger partial charge in [0.05, 0.1) is 5.56 Å². The molecule has 0 amide bonds. The van der Waals surface area contributed by atoms with Crippen LogP contribution in [0, 0.1) is 5.82 Å². The van der Waals surface area contributed by atoms with Crippen molar-refractivity contribution in [3.63, 3.8) is 0 Å². The molecule has 0 aliphatic rings. The number of aromatic carboxylic acids is 1. The Morgan fingerprint density at radius 2 is 1.94 bits per heavy atom. The summed E-state index contributed by atoms with van der Waals surface area (Å²) in [5.41, 5.74) is -0.695. The van der Waals surface area contributed by atoms with Crippen LogP contribution in [0.3, 0.4) is 0 Å². The minimum Gasteiger partial charge on any atom is -0.478 e. The van der Waals surface area contributed by atoms with E-state index in [1.807, 2.05) is 0 Å². The summed E-state index contributed by atoms with van der Waals surface area (Å²) >= 11 is 2.94. The number of nitrogens with zero attached hydrogens (tertiary/aromatic N) is 1. The lowest BCUT2D eigenvalue weighted by atomic mass is 10.2. The first-order chi connectivity index (χ1) is 7.67. The van der Waals surface area contributed by atoms with Crippen molar-refractivity contribution in [2.75, 3.05) is 14.1 Å². The van der Waals surface area contributed by atoms with E-state index in [2.05, 4.69) is 15.9 Å². The maximum absolute atomic E-state index is 13.8. The molecule has 0 saturated heterocycles. The summed E-state index contributed by atoms with van der Waals surface area (Å²) in [5.74, 6) is -2.80. The molecular formula is C9H9BrFNO4S. The standard InChI is InChI=1S/C9H9BrFNO4S/c1-12(2)17(15,16)7-4-5(10)3-6(8(7)11)9(13)14/h3-4H,1-2H3,(H,13,14). The van der Waals surface area contributed by atoms with Gasteiger partial charge in [-0.3, -0.25) is 0 Å². The molecule has 1 rings (SSSR count). The van der Waals surface area contributed by atoms with Crippen LogP contribution in [0.1, 0.15) is 10.4 Å². The minimum atomic E-state index is -4.02. The van der Waals surface area contributed by atoms with Crippen LogP contribution >= 0.6 is 15.9 Å². The summed E-state index contributed by atoms with van der Waals surface area (Å²) in [5, 5.41) is 8.75. The fourth-order valence-electron chi connectivity index (χ4n) is 1.10. The Morgan fingerprint density at radius 3 is 2.35 bits per heavy atom. The second kappa shape index (κ2) is 4.71. The second-order valence-electron chi connectivity index (χ2n) is 3.36. The molecule has 8 heteroatoms. The summed E-state index contributed by atoms with van der Waals surface area (Å²) in [6, 6.07) is 2.03. The van der Waals surface area contributed by atoms with Crippen molar-refractivity contribution in [2.24, 2.45) is 0 Å². The molecule has 0 aliphatic carbocycles. The van der Waals surface area contributed by atoms with Gasteiger partial charge >= 0.3 is 5.97 Å². The van der Waals surface area contributed by atoms with Crippen molar-refractivity contribution < 1.29 is 22.7 Å². The van der Waals surface area contributed by atoms with E-state index in [0.29, 0.717) is 0 Å². The summed E-state index contributed by atoms with van der Waals surface area (Å²) < 4.78 is 38.2. The summed E-state index contributed by atoms with van der Waals surface area (Å²) in [7, 11) is -1.56. The Morgan fingerprint density at radius 1 is 1.41 bits per heavy atom. The third kappa shape index (κ3) is 2.64. The average molecular weight is 326 g/mol. The molecule has 0 unspecified atom stereocenters. The van der Waals surface area contributed by atoms with E-state index in [4.69, 9.17) is 5.11 Å². The number of rotatable bonds is 3. The van der Waals surface area contributed by atoms with Crippen LogP contribution in [0.15, 0.2) is 21.5 Å². The number of carboxylic acids is 1.